The Labute approximate surface area is 162 Å². The summed E-state index contributed by atoms with van der Waals surface area (Å²) < 4.78 is 5.19. The van der Waals surface area contributed by atoms with Gasteiger partial charge in [-0.2, -0.15) is 0 Å². The Morgan fingerprint density at radius 1 is 1.29 bits per heavy atom. The Balaban J connectivity index is 0.00000288. The molecule has 24 heavy (non-hydrogen) atoms. The van der Waals surface area contributed by atoms with Gasteiger partial charge in [-0.15, -0.1) is 24.0 Å². The van der Waals surface area contributed by atoms with Gasteiger partial charge in [-0.1, -0.05) is 30.3 Å². The lowest BCUT2D eigenvalue weighted by Crippen LogP contribution is -2.42. The van der Waals surface area contributed by atoms with Crippen molar-refractivity contribution in [3.8, 4) is 0 Å². The molecule has 3 N–H and O–H groups in total. The zero-order valence-electron chi connectivity index (χ0n) is 14.6. The second kappa shape index (κ2) is 10.9. The molecule has 1 unspecified atom stereocenters. The standard InChI is InChI=1S/C18H29N3O2.HI/c1-19-17(21-14-18(8-9-18)10-11-23-2)20-12-16(13-22)15-6-4-3-5-7-15;/h3-7,16,22H,8-14H2,1-2H3,(H2,19,20,21);1H. The van der Waals surface area contributed by atoms with Gasteiger partial charge < -0.3 is 20.5 Å². The number of aliphatic imine (C=N–C) groups is 1. The van der Waals surface area contributed by atoms with E-state index in [1.54, 1.807) is 14.2 Å². The summed E-state index contributed by atoms with van der Waals surface area (Å²) in [6.07, 6.45) is 3.60. The maximum atomic E-state index is 9.62. The number of aliphatic hydroxyl groups is 1. The molecule has 0 aliphatic heterocycles. The van der Waals surface area contributed by atoms with E-state index in [1.165, 1.54) is 12.8 Å². The molecule has 1 aliphatic rings. The highest BCUT2D eigenvalue weighted by molar-refractivity contribution is 14.0. The molecule has 1 saturated carbocycles. The van der Waals surface area contributed by atoms with Crippen LogP contribution in [0.25, 0.3) is 0 Å². The fourth-order valence-corrected chi connectivity index (χ4v) is 2.74. The molecule has 1 aliphatic carbocycles. The average Bonchev–Trinajstić information content (AvgIpc) is 3.37. The van der Waals surface area contributed by atoms with Crippen molar-refractivity contribution in [2.45, 2.75) is 25.2 Å². The van der Waals surface area contributed by atoms with Crippen molar-refractivity contribution in [2.24, 2.45) is 10.4 Å². The fourth-order valence-electron chi connectivity index (χ4n) is 2.74. The summed E-state index contributed by atoms with van der Waals surface area (Å²) in [5.74, 6) is 0.862. The summed E-state index contributed by atoms with van der Waals surface area (Å²) >= 11 is 0. The zero-order chi connectivity index (χ0) is 16.5. The first-order valence-electron chi connectivity index (χ1n) is 8.32. The van der Waals surface area contributed by atoms with Crippen LogP contribution in [0.5, 0.6) is 0 Å². The number of nitrogens with zero attached hydrogens (tertiary/aromatic N) is 1. The van der Waals surface area contributed by atoms with Gasteiger partial charge in [-0.25, -0.2) is 0 Å². The fraction of sp³-hybridized carbons (Fsp3) is 0.611. The number of methoxy groups -OCH3 is 1. The van der Waals surface area contributed by atoms with Gasteiger partial charge in [0, 0.05) is 39.8 Å². The zero-order valence-corrected chi connectivity index (χ0v) is 17.0. The maximum Gasteiger partial charge on any atom is 0.191 e. The van der Waals surface area contributed by atoms with Gasteiger partial charge in [-0.3, -0.25) is 4.99 Å². The Bertz CT molecular complexity index is 492. The van der Waals surface area contributed by atoms with Crippen molar-refractivity contribution in [3.05, 3.63) is 35.9 Å². The van der Waals surface area contributed by atoms with Crippen LogP contribution in [0.4, 0.5) is 0 Å². The average molecular weight is 447 g/mol. The molecule has 0 amide bonds. The minimum atomic E-state index is 0. The molecule has 2 rings (SSSR count). The molecule has 0 spiro atoms. The first-order chi connectivity index (χ1) is 11.2. The van der Waals surface area contributed by atoms with Gasteiger partial charge >= 0.3 is 0 Å². The molecule has 0 aromatic heterocycles. The van der Waals surface area contributed by atoms with E-state index in [2.05, 4.69) is 15.6 Å². The highest BCUT2D eigenvalue weighted by Crippen LogP contribution is 2.48. The van der Waals surface area contributed by atoms with Crippen LogP contribution in [0.3, 0.4) is 0 Å². The van der Waals surface area contributed by atoms with Crippen molar-refractivity contribution >= 4 is 29.9 Å². The van der Waals surface area contributed by atoms with Crippen molar-refractivity contribution in [1.29, 1.82) is 0 Å². The van der Waals surface area contributed by atoms with E-state index in [0.29, 0.717) is 12.0 Å². The number of ether oxygens (including phenoxy) is 1. The molecule has 1 aromatic rings. The Hall–Kier alpha value is -0.860. The summed E-state index contributed by atoms with van der Waals surface area (Å²) in [5.41, 5.74) is 1.51. The van der Waals surface area contributed by atoms with E-state index in [4.69, 9.17) is 4.74 Å². The maximum absolute atomic E-state index is 9.62. The molecule has 136 valence electrons. The highest BCUT2D eigenvalue weighted by Gasteiger charge is 2.41. The third-order valence-electron chi connectivity index (χ3n) is 4.66. The second-order valence-corrected chi connectivity index (χ2v) is 6.34. The Morgan fingerprint density at radius 3 is 2.54 bits per heavy atom. The number of nitrogens with one attached hydrogen (secondary N) is 2. The van der Waals surface area contributed by atoms with Crippen molar-refractivity contribution in [2.75, 3.05) is 40.5 Å². The van der Waals surface area contributed by atoms with Gasteiger partial charge in [0.25, 0.3) is 0 Å². The molecule has 1 atom stereocenters. The minimum absolute atomic E-state index is 0. The minimum Gasteiger partial charge on any atom is -0.396 e. The van der Waals surface area contributed by atoms with Crippen LogP contribution in [0, 0.1) is 5.41 Å². The van der Waals surface area contributed by atoms with E-state index < -0.39 is 0 Å². The smallest absolute Gasteiger partial charge is 0.191 e. The normalized spacial score (nSPS) is 16.9. The SMILES string of the molecule is CN=C(NCC(CO)c1ccccc1)NCC1(CCOC)CC1.I. The summed E-state index contributed by atoms with van der Waals surface area (Å²) in [6, 6.07) is 10.1. The summed E-state index contributed by atoms with van der Waals surface area (Å²) in [7, 11) is 3.53. The number of guanidine groups is 1. The molecule has 0 bridgehead atoms. The van der Waals surface area contributed by atoms with E-state index in [0.717, 1.165) is 31.1 Å². The molecule has 0 saturated heterocycles. The van der Waals surface area contributed by atoms with Crippen LogP contribution < -0.4 is 10.6 Å². The van der Waals surface area contributed by atoms with Crippen molar-refractivity contribution in [1.82, 2.24) is 10.6 Å². The van der Waals surface area contributed by atoms with E-state index >= 15 is 0 Å². The van der Waals surface area contributed by atoms with Gasteiger partial charge in [0.05, 0.1) is 6.61 Å². The lowest BCUT2D eigenvalue weighted by atomic mass is 10.0. The van der Waals surface area contributed by atoms with E-state index in [-0.39, 0.29) is 36.5 Å². The van der Waals surface area contributed by atoms with Crippen LogP contribution in [-0.2, 0) is 4.74 Å². The lowest BCUT2D eigenvalue weighted by Gasteiger charge is -2.20. The van der Waals surface area contributed by atoms with Crippen LogP contribution in [0.1, 0.15) is 30.7 Å². The first-order valence-corrected chi connectivity index (χ1v) is 8.32. The third kappa shape index (κ3) is 6.57. The van der Waals surface area contributed by atoms with Gasteiger partial charge in [0.2, 0.25) is 0 Å². The van der Waals surface area contributed by atoms with Gasteiger partial charge in [0.1, 0.15) is 0 Å². The third-order valence-corrected chi connectivity index (χ3v) is 4.66. The summed E-state index contributed by atoms with van der Waals surface area (Å²) in [5, 5.41) is 16.4. The van der Waals surface area contributed by atoms with Crippen molar-refractivity contribution < 1.29 is 9.84 Å². The van der Waals surface area contributed by atoms with Gasteiger partial charge in [-0.05, 0) is 30.2 Å². The molecule has 5 nitrogen and oxygen atoms in total. The monoisotopic (exact) mass is 447 g/mol. The molecule has 1 aromatic carbocycles. The van der Waals surface area contributed by atoms with Crippen LogP contribution in [0.2, 0.25) is 0 Å². The number of aliphatic hydroxyl groups excluding tert-OH is 1. The number of hydrogen-bond donors (Lipinski definition) is 3. The number of hydrogen-bond acceptors (Lipinski definition) is 3. The largest absolute Gasteiger partial charge is 0.396 e. The summed E-state index contributed by atoms with van der Waals surface area (Å²) in [4.78, 5) is 4.28. The number of halogens is 1. The molecule has 0 radical (unpaired) electrons. The van der Waals surface area contributed by atoms with E-state index in [1.807, 2.05) is 30.3 Å². The Morgan fingerprint density at radius 2 is 2.00 bits per heavy atom. The molecular formula is C18H30IN3O2. The first kappa shape index (κ1) is 21.2. The molecule has 1 fully saturated rings. The predicted molar refractivity (Wildman–Crippen MR) is 109 cm³/mol. The van der Waals surface area contributed by atoms with Crippen molar-refractivity contribution in [3.63, 3.8) is 0 Å². The predicted octanol–water partition coefficient (Wildman–Crippen LogP) is 2.36. The topological polar surface area (TPSA) is 65.9 Å². The molecular weight excluding hydrogens is 417 g/mol. The molecule has 0 heterocycles. The highest BCUT2D eigenvalue weighted by atomic mass is 127. The number of benzene rings is 1. The quantitative estimate of drug-likeness (QED) is 0.309. The lowest BCUT2D eigenvalue weighted by molar-refractivity contribution is 0.172. The van der Waals surface area contributed by atoms with Crippen LogP contribution in [0.15, 0.2) is 35.3 Å². The van der Waals surface area contributed by atoms with Gasteiger partial charge in [0.15, 0.2) is 5.96 Å². The molecule has 6 heteroatoms. The summed E-state index contributed by atoms with van der Waals surface area (Å²) in [6.45, 7) is 2.51. The van der Waals surface area contributed by atoms with E-state index in [9.17, 15) is 5.11 Å². The number of rotatable bonds is 9. The Kier molecular flexibility index (Phi) is 9.61. The van der Waals surface area contributed by atoms with Crippen LogP contribution in [-0.4, -0.2) is 51.5 Å². The second-order valence-electron chi connectivity index (χ2n) is 6.34. The van der Waals surface area contributed by atoms with Crippen LogP contribution >= 0.6 is 24.0 Å².